The van der Waals surface area contributed by atoms with E-state index in [0.717, 1.165) is 67.3 Å². The number of anilines is 1. The van der Waals surface area contributed by atoms with E-state index in [1.165, 1.54) is 0 Å². The molecule has 0 aromatic heterocycles. The molecule has 3 rings (SSSR count). The highest BCUT2D eigenvalue weighted by Crippen LogP contribution is 2.50. The molecule has 0 radical (unpaired) electrons. The van der Waals surface area contributed by atoms with Gasteiger partial charge in [-0.1, -0.05) is 67.6 Å². The number of halogens is 1. The lowest BCUT2D eigenvalue weighted by atomic mass is 9.68. The van der Waals surface area contributed by atoms with Gasteiger partial charge < -0.3 is 14.7 Å². The third-order valence-electron chi connectivity index (χ3n) is 7.94. The van der Waals surface area contributed by atoms with Crippen molar-refractivity contribution in [2.45, 2.75) is 88.6 Å². The monoisotopic (exact) mass is 607 g/mol. The van der Waals surface area contributed by atoms with Crippen molar-refractivity contribution in [1.82, 2.24) is 0 Å². The van der Waals surface area contributed by atoms with Crippen LogP contribution in [0.4, 0.5) is 5.69 Å². The fourth-order valence-electron chi connectivity index (χ4n) is 5.72. The van der Waals surface area contributed by atoms with Gasteiger partial charge in [0.2, 0.25) is 0 Å². The van der Waals surface area contributed by atoms with Crippen LogP contribution in [0.1, 0.15) is 88.7 Å². The van der Waals surface area contributed by atoms with Gasteiger partial charge in [0.1, 0.15) is 5.75 Å². The predicted octanol–water partition coefficient (Wildman–Crippen LogP) is 7.34. The van der Waals surface area contributed by atoms with Gasteiger partial charge in [-0.3, -0.25) is 0 Å². The second-order valence-electron chi connectivity index (χ2n) is 11.0. The van der Waals surface area contributed by atoms with Crippen LogP contribution in [0, 0.1) is 5.41 Å². The molecule has 7 heteroatoms. The third-order valence-corrected chi connectivity index (χ3v) is 10.5. The molecule has 1 aliphatic heterocycles. The van der Waals surface area contributed by atoms with Crippen LogP contribution < -0.4 is 9.64 Å². The number of aliphatic hydroxyl groups excluding tert-OH is 1. The van der Waals surface area contributed by atoms with Crippen molar-refractivity contribution < 1.29 is 18.3 Å². The van der Waals surface area contributed by atoms with Crippen molar-refractivity contribution in [3.63, 3.8) is 0 Å². The minimum atomic E-state index is -3.60. The van der Waals surface area contributed by atoms with E-state index in [2.05, 4.69) is 29.8 Å². The summed E-state index contributed by atoms with van der Waals surface area (Å²) in [6, 6.07) is 13.5. The van der Waals surface area contributed by atoms with E-state index in [1.807, 2.05) is 55.4 Å². The molecule has 0 spiro atoms. The van der Waals surface area contributed by atoms with Crippen molar-refractivity contribution in [1.29, 1.82) is 0 Å². The summed E-state index contributed by atoms with van der Waals surface area (Å²) >= 11 is 3.47. The Labute approximate surface area is 239 Å². The first-order chi connectivity index (χ1) is 18.2. The summed E-state index contributed by atoms with van der Waals surface area (Å²) in [5.74, 6) is 0.347. The molecular formula is C31H46BrNO4S. The van der Waals surface area contributed by atoms with Crippen LogP contribution in [0.2, 0.25) is 0 Å². The molecule has 0 aliphatic carbocycles. The lowest BCUT2D eigenvalue weighted by Gasteiger charge is -2.40. The topological polar surface area (TPSA) is 66.8 Å². The molecule has 5 nitrogen and oxygen atoms in total. The fraction of sp³-hybridized carbons (Fsp3) is 0.613. The maximum atomic E-state index is 13.9. The van der Waals surface area contributed by atoms with Crippen molar-refractivity contribution >= 4 is 31.5 Å². The summed E-state index contributed by atoms with van der Waals surface area (Å²) in [6.45, 7) is 4.92. The summed E-state index contributed by atoms with van der Waals surface area (Å²) in [6.07, 6.45) is 7.56. The maximum Gasteiger partial charge on any atom is 0.179 e. The molecule has 2 aromatic carbocycles. The quantitative estimate of drug-likeness (QED) is 0.180. The molecule has 0 saturated carbocycles. The largest absolute Gasteiger partial charge is 0.494 e. The van der Waals surface area contributed by atoms with Gasteiger partial charge >= 0.3 is 0 Å². The fourth-order valence-corrected chi connectivity index (χ4v) is 8.31. The Morgan fingerprint density at radius 1 is 0.974 bits per heavy atom. The first-order valence-electron chi connectivity index (χ1n) is 14.2. The number of ether oxygens (including phenoxy) is 1. The summed E-state index contributed by atoms with van der Waals surface area (Å²) in [7, 11) is 0.309. The van der Waals surface area contributed by atoms with E-state index >= 15 is 0 Å². The van der Waals surface area contributed by atoms with Crippen molar-refractivity contribution in [3.05, 3.63) is 53.6 Å². The van der Waals surface area contributed by atoms with Crippen LogP contribution >= 0.6 is 15.9 Å². The van der Waals surface area contributed by atoms with E-state index < -0.39 is 27.3 Å². The normalized spacial score (nSPS) is 19.9. The third kappa shape index (κ3) is 7.33. The van der Waals surface area contributed by atoms with Crippen LogP contribution in [0.5, 0.6) is 5.75 Å². The molecule has 0 bridgehead atoms. The zero-order valence-electron chi connectivity index (χ0n) is 23.6. The number of fused-ring (bicyclic) bond motifs is 1. The Morgan fingerprint density at radius 3 is 2.21 bits per heavy atom. The van der Waals surface area contributed by atoms with Gasteiger partial charge in [-0.2, -0.15) is 0 Å². The van der Waals surface area contributed by atoms with E-state index in [1.54, 1.807) is 6.07 Å². The van der Waals surface area contributed by atoms with E-state index in [0.29, 0.717) is 29.9 Å². The molecule has 1 N–H and O–H groups in total. The molecule has 212 valence electrons. The van der Waals surface area contributed by atoms with Gasteiger partial charge in [0.25, 0.3) is 0 Å². The maximum absolute atomic E-state index is 13.9. The summed E-state index contributed by atoms with van der Waals surface area (Å²) in [4.78, 5) is 2.34. The lowest BCUT2D eigenvalue weighted by Crippen LogP contribution is -2.43. The molecule has 2 atom stereocenters. The predicted molar refractivity (Wildman–Crippen MR) is 162 cm³/mol. The molecule has 2 aromatic rings. The molecule has 0 fully saturated rings. The number of sulfone groups is 1. The van der Waals surface area contributed by atoms with Gasteiger partial charge in [-0.05, 0) is 73.6 Å². The number of alkyl halides is 1. The number of benzene rings is 2. The molecule has 1 heterocycles. The minimum absolute atomic E-state index is 0.0123. The molecule has 38 heavy (non-hydrogen) atoms. The van der Waals surface area contributed by atoms with Gasteiger partial charge in [0.15, 0.2) is 9.84 Å². The number of unbranched alkanes of at least 4 members (excludes halogenated alkanes) is 4. The molecule has 0 amide bonds. The van der Waals surface area contributed by atoms with Crippen LogP contribution in [0.15, 0.2) is 47.4 Å². The number of nitrogens with zero attached hydrogens (tertiary/aromatic N) is 1. The lowest BCUT2D eigenvalue weighted by molar-refractivity contribution is 0.0127. The van der Waals surface area contributed by atoms with Gasteiger partial charge in [-0.25, -0.2) is 8.42 Å². The Bertz CT molecular complexity index is 1110. The van der Waals surface area contributed by atoms with Crippen LogP contribution in [0.3, 0.4) is 0 Å². The number of aliphatic hydroxyl groups is 1. The highest BCUT2D eigenvalue weighted by atomic mass is 79.9. The smallest absolute Gasteiger partial charge is 0.179 e. The SMILES string of the molecule is CCCCC1(CCCC)CS(=O)(=O)c2ccc(N(C)C)cc2[C@@H](c2ccc(OCCCCCBr)cc2)[C@H]1O. The van der Waals surface area contributed by atoms with Crippen LogP contribution in [-0.4, -0.2) is 51.4 Å². The summed E-state index contributed by atoms with van der Waals surface area (Å²) in [5.41, 5.74) is 1.85. The zero-order valence-corrected chi connectivity index (χ0v) is 26.0. The molecule has 1 aliphatic rings. The molecule has 0 unspecified atom stereocenters. The Kier molecular flexibility index (Phi) is 11.6. The van der Waals surface area contributed by atoms with E-state index in [-0.39, 0.29) is 5.75 Å². The first-order valence-corrected chi connectivity index (χ1v) is 17.0. The number of hydrogen-bond donors (Lipinski definition) is 1. The Morgan fingerprint density at radius 2 is 1.63 bits per heavy atom. The molecule has 0 saturated heterocycles. The standard InChI is InChI=1S/C31H46BrNO4S/c1-5-7-18-31(19-8-6-2)23-38(35,36)28-17-14-25(33(3)4)22-27(28)29(30(31)34)24-12-15-26(16-13-24)37-21-11-9-10-20-32/h12-17,22,29-30,34H,5-11,18-21,23H2,1-4H3/t29-,30-/m1/s1. The summed E-state index contributed by atoms with van der Waals surface area (Å²) in [5, 5.41) is 13.3. The average Bonchev–Trinajstić information content (AvgIpc) is 2.97. The van der Waals surface area contributed by atoms with Crippen molar-refractivity contribution in [3.8, 4) is 5.75 Å². The minimum Gasteiger partial charge on any atom is -0.494 e. The number of hydrogen-bond acceptors (Lipinski definition) is 5. The summed E-state index contributed by atoms with van der Waals surface area (Å²) < 4.78 is 33.8. The van der Waals surface area contributed by atoms with E-state index in [9.17, 15) is 13.5 Å². The average molecular weight is 609 g/mol. The Balaban J connectivity index is 2.09. The zero-order chi connectivity index (χ0) is 27.8. The van der Waals surface area contributed by atoms with E-state index in [4.69, 9.17) is 4.74 Å². The first kappa shape index (κ1) is 31.0. The molecular weight excluding hydrogens is 562 g/mol. The van der Waals surface area contributed by atoms with Crippen LogP contribution in [0.25, 0.3) is 0 Å². The highest BCUT2D eigenvalue weighted by Gasteiger charge is 2.49. The Hall–Kier alpha value is -1.57. The van der Waals surface area contributed by atoms with Gasteiger partial charge in [-0.15, -0.1) is 0 Å². The van der Waals surface area contributed by atoms with Crippen LogP contribution in [-0.2, 0) is 9.84 Å². The van der Waals surface area contributed by atoms with Crippen molar-refractivity contribution in [2.24, 2.45) is 5.41 Å². The van der Waals surface area contributed by atoms with Gasteiger partial charge in [0, 0.05) is 36.4 Å². The van der Waals surface area contributed by atoms with Crippen molar-refractivity contribution in [2.75, 3.05) is 36.7 Å². The number of rotatable bonds is 14. The highest BCUT2D eigenvalue weighted by molar-refractivity contribution is 9.09. The second-order valence-corrected chi connectivity index (χ2v) is 13.8. The van der Waals surface area contributed by atoms with Gasteiger partial charge in [0.05, 0.1) is 23.4 Å². The second kappa shape index (κ2) is 14.2.